The Morgan fingerprint density at radius 3 is 3.17 bits per heavy atom. The maximum atomic E-state index is 3.53. The van der Waals surface area contributed by atoms with Gasteiger partial charge in [0.25, 0.3) is 0 Å². The molecule has 3 heteroatoms. The monoisotopic (exact) mass is 262 g/mol. The molecule has 2 atom stereocenters. The highest BCUT2D eigenvalue weighted by Crippen LogP contribution is 2.33. The number of thioether (sulfide) groups is 1. The lowest BCUT2D eigenvalue weighted by Gasteiger charge is -2.33. The molecule has 1 N–H and O–H groups in total. The van der Waals surface area contributed by atoms with Gasteiger partial charge in [-0.1, -0.05) is 18.2 Å². The zero-order valence-corrected chi connectivity index (χ0v) is 11.9. The van der Waals surface area contributed by atoms with Gasteiger partial charge >= 0.3 is 0 Å². The van der Waals surface area contributed by atoms with Gasteiger partial charge < -0.3 is 5.32 Å². The van der Waals surface area contributed by atoms with Crippen LogP contribution in [-0.4, -0.2) is 42.1 Å². The summed E-state index contributed by atoms with van der Waals surface area (Å²) >= 11 is 2.10. The van der Waals surface area contributed by atoms with Crippen LogP contribution in [0.1, 0.15) is 24.8 Å². The Kier molecular flexibility index (Phi) is 3.80. The summed E-state index contributed by atoms with van der Waals surface area (Å²) in [5, 5.41) is 3.53. The van der Waals surface area contributed by atoms with E-state index in [2.05, 4.69) is 53.2 Å². The molecule has 0 saturated carbocycles. The number of benzene rings is 1. The average Bonchev–Trinajstić information content (AvgIpc) is 2.81. The van der Waals surface area contributed by atoms with Gasteiger partial charge in [0.1, 0.15) is 0 Å². The van der Waals surface area contributed by atoms with Crippen LogP contribution < -0.4 is 5.32 Å². The summed E-state index contributed by atoms with van der Waals surface area (Å²) in [5.41, 5.74) is 2.88. The van der Waals surface area contributed by atoms with Crippen LogP contribution >= 0.6 is 11.8 Å². The number of rotatable bonds is 3. The summed E-state index contributed by atoms with van der Waals surface area (Å²) in [7, 11) is 0. The van der Waals surface area contributed by atoms with E-state index < -0.39 is 0 Å². The summed E-state index contributed by atoms with van der Waals surface area (Å²) in [6.45, 7) is 6.01. The Morgan fingerprint density at radius 1 is 1.39 bits per heavy atom. The second-order valence-electron chi connectivity index (χ2n) is 5.41. The fourth-order valence-corrected chi connectivity index (χ4v) is 4.11. The Hall–Kier alpha value is -0.670. The van der Waals surface area contributed by atoms with Crippen molar-refractivity contribution in [2.75, 3.05) is 36.5 Å². The second-order valence-corrected chi connectivity index (χ2v) is 6.56. The molecule has 18 heavy (non-hydrogen) atoms. The van der Waals surface area contributed by atoms with E-state index in [4.69, 9.17) is 0 Å². The normalized spacial score (nSPS) is 27.8. The number of anilines is 1. The zero-order chi connectivity index (χ0) is 12.4. The molecule has 98 valence electrons. The highest BCUT2D eigenvalue weighted by molar-refractivity contribution is 7.99. The van der Waals surface area contributed by atoms with Crippen LogP contribution in [0.25, 0.3) is 0 Å². The van der Waals surface area contributed by atoms with Crippen LogP contribution in [-0.2, 0) is 0 Å². The van der Waals surface area contributed by atoms with Crippen LogP contribution in [0.5, 0.6) is 0 Å². The molecule has 2 aliphatic rings. The van der Waals surface area contributed by atoms with E-state index in [9.17, 15) is 0 Å². The van der Waals surface area contributed by atoms with E-state index >= 15 is 0 Å². The number of fused-ring (bicyclic) bond motifs is 1. The fraction of sp³-hybridized carbons (Fsp3) is 0.600. The minimum Gasteiger partial charge on any atom is -0.384 e. The maximum Gasteiger partial charge on any atom is 0.0376 e. The molecule has 0 aliphatic carbocycles. The number of para-hydroxylation sites is 1. The summed E-state index contributed by atoms with van der Waals surface area (Å²) in [5.74, 6) is 3.33. The van der Waals surface area contributed by atoms with E-state index in [1.807, 2.05) is 0 Å². The molecule has 2 aliphatic heterocycles. The predicted octanol–water partition coefficient (Wildman–Crippen LogP) is 3.02. The van der Waals surface area contributed by atoms with Gasteiger partial charge in [0.2, 0.25) is 0 Å². The summed E-state index contributed by atoms with van der Waals surface area (Å²) < 4.78 is 0. The molecule has 1 aromatic carbocycles. The molecule has 1 aromatic rings. The predicted molar refractivity (Wildman–Crippen MR) is 80.6 cm³/mol. The van der Waals surface area contributed by atoms with E-state index in [0.717, 1.165) is 12.6 Å². The zero-order valence-electron chi connectivity index (χ0n) is 11.1. The number of hydrogen-bond acceptors (Lipinski definition) is 3. The quantitative estimate of drug-likeness (QED) is 0.901. The molecular formula is C15H22N2S. The first-order valence-electron chi connectivity index (χ1n) is 6.99. The van der Waals surface area contributed by atoms with E-state index in [1.165, 1.54) is 42.3 Å². The van der Waals surface area contributed by atoms with E-state index in [-0.39, 0.29) is 0 Å². The van der Waals surface area contributed by atoms with Crippen LogP contribution in [0.2, 0.25) is 0 Å². The van der Waals surface area contributed by atoms with Crippen molar-refractivity contribution in [1.29, 1.82) is 0 Å². The summed E-state index contributed by atoms with van der Waals surface area (Å²) in [4.78, 5) is 2.66. The highest BCUT2D eigenvalue weighted by Gasteiger charge is 2.24. The third-order valence-corrected chi connectivity index (χ3v) is 5.40. The summed E-state index contributed by atoms with van der Waals surface area (Å²) in [6.07, 6.45) is 1.29. The van der Waals surface area contributed by atoms with Crippen LogP contribution in [0.15, 0.2) is 24.3 Å². The van der Waals surface area contributed by atoms with Crippen molar-refractivity contribution in [3.05, 3.63) is 29.8 Å². The van der Waals surface area contributed by atoms with Crippen molar-refractivity contribution in [2.45, 2.75) is 25.3 Å². The molecule has 2 nitrogen and oxygen atoms in total. The van der Waals surface area contributed by atoms with Gasteiger partial charge in [0.15, 0.2) is 0 Å². The standard InChI is InChI=1S/C15H22N2S/c1-12-11-18-9-8-17(12)7-6-13-10-16-15-5-3-2-4-14(13)15/h2-5,12-13,16H,6-11H2,1H3. The van der Waals surface area contributed by atoms with Crippen LogP contribution in [0, 0.1) is 0 Å². The van der Waals surface area contributed by atoms with Gasteiger partial charge in [-0.3, -0.25) is 4.90 Å². The number of nitrogens with zero attached hydrogens (tertiary/aromatic N) is 1. The van der Waals surface area contributed by atoms with Gasteiger partial charge in [0.05, 0.1) is 0 Å². The molecule has 0 radical (unpaired) electrons. The lowest BCUT2D eigenvalue weighted by atomic mass is 9.97. The largest absolute Gasteiger partial charge is 0.384 e. The molecule has 0 aromatic heterocycles. The Labute approximate surface area is 114 Å². The first-order chi connectivity index (χ1) is 8.84. The van der Waals surface area contributed by atoms with Crippen LogP contribution in [0.4, 0.5) is 5.69 Å². The Balaban J connectivity index is 1.58. The number of nitrogens with one attached hydrogen (secondary N) is 1. The molecule has 0 spiro atoms. The van der Waals surface area contributed by atoms with E-state index in [0.29, 0.717) is 5.92 Å². The lowest BCUT2D eigenvalue weighted by molar-refractivity contribution is 0.225. The average molecular weight is 262 g/mol. The smallest absolute Gasteiger partial charge is 0.0376 e. The third-order valence-electron chi connectivity index (χ3n) is 4.21. The highest BCUT2D eigenvalue weighted by atomic mass is 32.2. The van der Waals surface area contributed by atoms with Crippen molar-refractivity contribution in [3.8, 4) is 0 Å². The molecule has 0 amide bonds. The van der Waals surface area contributed by atoms with Crippen molar-refractivity contribution >= 4 is 17.4 Å². The molecule has 3 rings (SSSR count). The molecule has 0 bridgehead atoms. The Morgan fingerprint density at radius 2 is 2.28 bits per heavy atom. The van der Waals surface area contributed by atoms with Crippen molar-refractivity contribution in [3.63, 3.8) is 0 Å². The molecule has 1 saturated heterocycles. The first-order valence-corrected chi connectivity index (χ1v) is 8.14. The molecular weight excluding hydrogens is 240 g/mol. The van der Waals surface area contributed by atoms with Gasteiger partial charge in [-0.15, -0.1) is 0 Å². The van der Waals surface area contributed by atoms with Gasteiger partial charge in [0, 0.05) is 42.2 Å². The minimum absolute atomic E-state index is 0.711. The van der Waals surface area contributed by atoms with Gasteiger partial charge in [-0.05, 0) is 31.5 Å². The van der Waals surface area contributed by atoms with E-state index in [1.54, 1.807) is 0 Å². The summed E-state index contributed by atoms with van der Waals surface area (Å²) in [6, 6.07) is 9.54. The second kappa shape index (κ2) is 5.54. The van der Waals surface area contributed by atoms with Gasteiger partial charge in [-0.25, -0.2) is 0 Å². The minimum atomic E-state index is 0.711. The fourth-order valence-electron chi connectivity index (χ4n) is 3.03. The van der Waals surface area contributed by atoms with Crippen molar-refractivity contribution < 1.29 is 0 Å². The molecule has 2 unspecified atom stereocenters. The maximum absolute atomic E-state index is 3.53. The first kappa shape index (κ1) is 12.4. The third kappa shape index (κ3) is 2.52. The lowest BCUT2D eigenvalue weighted by Crippen LogP contribution is -2.41. The number of hydrogen-bond donors (Lipinski definition) is 1. The Bertz CT molecular complexity index is 407. The molecule has 1 fully saturated rings. The van der Waals surface area contributed by atoms with Crippen molar-refractivity contribution in [2.24, 2.45) is 0 Å². The van der Waals surface area contributed by atoms with Crippen LogP contribution in [0.3, 0.4) is 0 Å². The van der Waals surface area contributed by atoms with Crippen molar-refractivity contribution in [1.82, 2.24) is 4.90 Å². The molecule has 2 heterocycles. The topological polar surface area (TPSA) is 15.3 Å². The SMILES string of the molecule is CC1CSCCN1CCC1CNc2ccccc21. The van der Waals surface area contributed by atoms with Gasteiger partial charge in [-0.2, -0.15) is 11.8 Å².